The van der Waals surface area contributed by atoms with Crippen LogP contribution < -0.4 is 10.1 Å². The first-order chi connectivity index (χ1) is 17.6. The van der Waals surface area contributed by atoms with Crippen molar-refractivity contribution in [3.63, 3.8) is 0 Å². The number of hydrogen-bond acceptors (Lipinski definition) is 6. The fourth-order valence-corrected chi connectivity index (χ4v) is 5.22. The maximum atomic E-state index is 12.8. The number of sulfonamides is 1. The van der Waals surface area contributed by atoms with Crippen LogP contribution >= 0.6 is 11.6 Å². The van der Waals surface area contributed by atoms with Gasteiger partial charge in [0.2, 0.25) is 0 Å². The first-order valence-electron chi connectivity index (χ1n) is 11.2. The molecule has 0 aliphatic rings. The van der Waals surface area contributed by atoms with Crippen molar-refractivity contribution >= 4 is 44.9 Å². The SMILES string of the molecule is Cc1ccccc1-n1c(C)cc(C=NNc2ccc(S(=O)(=O)Nc3cccc(Cl)c3)cc2[N+](=O)[O-])c1C. The van der Waals surface area contributed by atoms with Gasteiger partial charge in [0.15, 0.2) is 0 Å². The third-order valence-corrected chi connectivity index (χ3v) is 7.38. The predicted molar refractivity (Wildman–Crippen MR) is 147 cm³/mol. The van der Waals surface area contributed by atoms with E-state index in [2.05, 4.69) is 19.8 Å². The Hall–Kier alpha value is -4.15. The molecule has 0 fully saturated rings. The van der Waals surface area contributed by atoms with Gasteiger partial charge in [0.25, 0.3) is 15.7 Å². The lowest BCUT2D eigenvalue weighted by atomic mass is 10.2. The summed E-state index contributed by atoms with van der Waals surface area (Å²) >= 11 is 5.91. The Labute approximate surface area is 219 Å². The molecule has 4 rings (SSSR count). The maximum Gasteiger partial charge on any atom is 0.295 e. The molecule has 190 valence electrons. The third kappa shape index (κ3) is 5.65. The number of nitrogens with zero attached hydrogens (tertiary/aromatic N) is 3. The minimum atomic E-state index is -4.09. The van der Waals surface area contributed by atoms with E-state index in [1.165, 1.54) is 24.3 Å². The molecule has 2 N–H and O–H groups in total. The van der Waals surface area contributed by atoms with Crippen LogP contribution in [0, 0.1) is 30.9 Å². The molecule has 1 aromatic heterocycles. The highest BCUT2D eigenvalue weighted by Gasteiger charge is 2.22. The van der Waals surface area contributed by atoms with Crippen LogP contribution in [0.2, 0.25) is 5.02 Å². The lowest BCUT2D eigenvalue weighted by molar-refractivity contribution is -0.384. The normalized spacial score (nSPS) is 11.6. The second-order valence-electron chi connectivity index (χ2n) is 8.37. The van der Waals surface area contributed by atoms with Gasteiger partial charge in [-0.3, -0.25) is 20.3 Å². The largest absolute Gasteiger partial charge is 0.318 e. The monoisotopic (exact) mass is 537 g/mol. The standard InChI is InChI=1S/C26H24ClN5O4S/c1-17-7-4-5-10-25(17)31-18(2)13-20(19(31)3)16-28-29-24-12-11-23(15-26(24)32(33)34)37(35,36)30-22-9-6-8-21(27)14-22/h4-16,29-30H,1-3H3. The van der Waals surface area contributed by atoms with E-state index in [9.17, 15) is 18.5 Å². The number of hydrogen-bond donors (Lipinski definition) is 2. The zero-order chi connectivity index (χ0) is 26.7. The van der Waals surface area contributed by atoms with Crippen LogP contribution in [-0.4, -0.2) is 24.1 Å². The van der Waals surface area contributed by atoms with E-state index in [1.807, 2.05) is 51.1 Å². The van der Waals surface area contributed by atoms with E-state index in [0.29, 0.717) is 5.02 Å². The summed E-state index contributed by atoms with van der Waals surface area (Å²) in [6.45, 7) is 6.00. The number of anilines is 2. The summed E-state index contributed by atoms with van der Waals surface area (Å²) < 4.78 is 30.0. The van der Waals surface area contributed by atoms with Gasteiger partial charge in [-0.25, -0.2) is 8.42 Å². The van der Waals surface area contributed by atoms with Crippen molar-refractivity contribution in [1.82, 2.24) is 4.57 Å². The van der Waals surface area contributed by atoms with Gasteiger partial charge in [0.1, 0.15) is 5.69 Å². The summed E-state index contributed by atoms with van der Waals surface area (Å²) in [4.78, 5) is 10.8. The summed E-state index contributed by atoms with van der Waals surface area (Å²) in [6, 6.07) is 19.7. The number of halogens is 1. The second kappa shape index (κ2) is 10.5. The molecule has 0 spiro atoms. The zero-order valence-electron chi connectivity index (χ0n) is 20.3. The first kappa shape index (κ1) is 25.9. The van der Waals surface area contributed by atoms with E-state index >= 15 is 0 Å². The molecule has 37 heavy (non-hydrogen) atoms. The van der Waals surface area contributed by atoms with Crippen molar-refractivity contribution in [1.29, 1.82) is 0 Å². The molecule has 0 aliphatic heterocycles. The van der Waals surface area contributed by atoms with Gasteiger partial charge < -0.3 is 4.57 Å². The second-order valence-corrected chi connectivity index (χ2v) is 10.5. The number of aromatic nitrogens is 1. The van der Waals surface area contributed by atoms with Crippen molar-refractivity contribution < 1.29 is 13.3 Å². The summed E-state index contributed by atoms with van der Waals surface area (Å²) in [5.74, 6) is 0. The summed E-state index contributed by atoms with van der Waals surface area (Å²) in [6.07, 6.45) is 1.58. The quantitative estimate of drug-likeness (QED) is 0.157. The molecule has 0 amide bonds. The highest BCUT2D eigenvalue weighted by atomic mass is 35.5. The Kier molecular flexibility index (Phi) is 7.33. The number of para-hydroxylation sites is 1. The lowest BCUT2D eigenvalue weighted by Crippen LogP contribution is -2.13. The Balaban J connectivity index is 1.58. The Morgan fingerprint density at radius 3 is 2.46 bits per heavy atom. The third-order valence-electron chi connectivity index (χ3n) is 5.77. The van der Waals surface area contributed by atoms with E-state index in [4.69, 9.17) is 11.6 Å². The molecular weight excluding hydrogens is 514 g/mol. The van der Waals surface area contributed by atoms with Gasteiger partial charge >= 0.3 is 0 Å². The fourth-order valence-electron chi connectivity index (χ4n) is 3.96. The number of nitro benzene ring substituents is 1. The Morgan fingerprint density at radius 2 is 1.76 bits per heavy atom. The highest BCUT2D eigenvalue weighted by Crippen LogP contribution is 2.29. The number of nitrogens with one attached hydrogen (secondary N) is 2. The van der Waals surface area contributed by atoms with E-state index in [0.717, 1.165) is 34.3 Å². The van der Waals surface area contributed by atoms with Crippen LogP contribution in [0.5, 0.6) is 0 Å². The zero-order valence-corrected chi connectivity index (χ0v) is 21.8. The average molecular weight is 538 g/mol. The van der Waals surface area contributed by atoms with Gasteiger partial charge in [0, 0.05) is 33.7 Å². The van der Waals surface area contributed by atoms with Gasteiger partial charge in [-0.05, 0) is 68.8 Å². The van der Waals surface area contributed by atoms with Crippen molar-refractivity contribution in [2.75, 3.05) is 10.1 Å². The summed E-state index contributed by atoms with van der Waals surface area (Å²) in [7, 11) is -4.09. The number of hydrazone groups is 1. The lowest BCUT2D eigenvalue weighted by Gasteiger charge is -2.12. The van der Waals surface area contributed by atoms with Gasteiger partial charge in [0.05, 0.1) is 21.7 Å². The minimum Gasteiger partial charge on any atom is -0.318 e. The Morgan fingerprint density at radius 1 is 1.00 bits per heavy atom. The number of rotatable bonds is 8. The van der Waals surface area contributed by atoms with E-state index in [1.54, 1.807) is 18.3 Å². The number of benzene rings is 3. The number of aryl methyl sites for hydroxylation is 2. The maximum absolute atomic E-state index is 12.8. The topological polar surface area (TPSA) is 119 Å². The molecule has 0 saturated heterocycles. The molecule has 4 aromatic rings. The van der Waals surface area contributed by atoms with Crippen LogP contribution in [0.3, 0.4) is 0 Å². The van der Waals surface area contributed by atoms with Crippen LogP contribution in [0.15, 0.2) is 82.8 Å². The minimum absolute atomic E-state index is 0.0515. The molecule has 0 saturated carbocycles. The molecule has 0 atom stereocenters. The summed E-state index contributed by atoms with van der Waals surface area (Å²) in [5.41, 5.74) is 7.52. The molecular formula is C26H24ClN5O4S. The Bertz CT molecular complexity index is 1630. The van der Waals surface area contributed by atoms with Crippen molar-refractivity contribution in [2.45, 2.75) is 25.7 Å². The smallest absolute Gasteiger partial charge is 0.295 e. The molecule has 1 heterocycles. The average Bonchev–Trinajstić information content (AvgIpc) is 3.12. The van der Waals surface area contributed by atoms with Crippen LogP contribution in [0.1, 0.15) is 22.5 Å². The van der Waals surface area contributed by atoms with Crippen LogP contribution in [-0.2, 0) is 10.0 Å². The van der Waals surface area contributed by atoms with Crippen molar-refractivity contribution in [3.05, 3.63) is 110 Å². The summed E-state index contributed by atoms with van der Waals surface area (Å²) in [5, 5.41) is 16.2. The van der Waals surface area contributed by atoms with E-state index in [-0.39, 0.29) is 16.3 Å². The molecule has 0 bridgehead atoms. The fraction of sp³-hybridized carbons (Fsp3) is 0.115. The first-order valence-corrected chi connectivity index (χ1v) is 13.0. The molecule has 0 radical (unpaired) electrons. The predicted octanol–water partition coefficient (Wildman–Crippen LogP) is 6.21. The molecule has 0 unspecified atom stereocenters. The molecule has 3 aromatic carbocycles. The van der Waals surface area contributed by atoms with Gasteiger partial charge in [-0.2, -0.15) is 5.10 Å². The van der Waals surface area contributed by atoms with Gasteiger partial charge in [-0.15, -0.1) is 0 Å². The van der Waals surface area contributed by atoms with Gasteiger partial charge in [-0.1, -0.05) is 35.9 Å². The number of nitro groups is 1. The van der Waals surface area contributed by atoms with E-state index < -0.39 is 20.6 Å². The molecule has 9 nitrogen and oxygen atoms in total. The van der Waals surface area contributed by atoms with Crippen molar-refractivity contribution in [3.8, 4) is 5.69 Å². The van der Waals surface area contributed by atoms with Crippen LogP contribution in [0.25, 0.3) is 5.69 Å². The molecule has 11 heteroatoms. The highest BCUT2D eigenvalue weighted by molar-refractivity contribution is 7.92. The molecule has 0 aliphatic carbocycles. The van der Waals surface area contributed by atoms with Crippen LogP contribution in [0.4, 0.5) is 17.1 Å². The van der Waals surface area contributed by atoms with Crippen molar-refractivity contribution in [2.24, 2.45) is 5.10 Å².